The highest BCUT2D eigenvalue weighted by atomic mass is 14.1. The van der Waals surface area contributed by atoms with Gasteiger partial charge >= 0.3 is 0 Å². The van der Waals surface area contributed by atoms with Crippen molar-refractivity contribution >= 4 is 12.2 Å². The second kappa shape index (κ2) is 29.8. The number of hydrogen-bond acceptors (Lipinski definition) is 0. The second-order valence-corrected chi connectivity index (χ2v) is 13.4. The third kappa shape index (κ3) is 21.4. The number of benzene rings is 1. The van der Waals surface area contributed by atoms with Crippen molar-refractivity contribution in [2.75, 3.05) is 0 Å². The highest BCUT2D eigenvalue weighted by Gasteiger charge is 2.07. The fraction of sp³-hybridized carbons (Fsp3) is 0.762. The zero-order valence-electron chi connectivity index (χ0n) is 28.9. The summed E-state index contributed by atoms with van der Waals surface area (Å²) in [5, 5.41) is 0. The quantitative estimate of drug-likeness (QED) is 0.0746. The molecule has 0 saturated carbocycles. The lowest BCUT2D eigenvalue weighted by Gasteiger charge is -2.13. The topological polar surface area (TPSA) is 0 Å². The van der Waals surface area contributed by atoms with Crippen molar-refractivity contribution in [3.8, 4) is 0 Å². The molecule has 0 heterocycles. The number of rotatable bonds is 32. The van der Waals surface area contributed by atoms with Gasteiger partial charge < -0.3 is 0 Å². The summed E-state index contributed by atoms with van der Waals surface area (Å²) in [4.78, 5) is 0. The van der Waals surface area contributed by atoms with Crippen LogP contribution in [0, 0.1) is 0 Å². The molecule has 1 aromatic carbocycles. The largest absolute Gasteiger partial charge is 0.0985 e. The predicted octanol–water partition coefficient (Wildman–Crippen LogP) is 15.0. The first-order chi connectivity index (χ1) is 20.8. The minimum atomic E-state index is 1.18. The van der Waals surface area contributed by atoms with Gasteiger partial charge in [0.25, 0.3) is 0 Å². The van der Waals surface area contributed by atoms with E-state index in [-0.39, 0.29) is 0 Å². The molecule has 0 N–H and O–H groups in total. The van der Waals surface area contributed by atoms with Gasteiger partial charge in [-0.05, 0) is 47.9 Å². The van der Waals surface area contributed by atoms with E-state index in [1.165, 1.54) is 215 Å². The van der Waals surface area contributed by atoms with Crippen molar-refractivity contribution in [3.05, 3.63) is 47.5 Å². The molecule has 42 heavy (non-hydrogen) atoms. The van der Waals surface area contributed by atoms with Gasteiger partial charge in [-0.3, -0.25) is 0 Å². The molecule has 0 radical (unpaired) electrons. The van der Waals surface area contributed by atoms with Crippen LogP contribution in [-0.2, 0) is 12.8 Å². The van der Waals surface area contributed by atoms with Crippen molar-refractivity contribution in [3.63, 3.8) is 0 Å². The molecule has 0 aliphatic rings. The fourth-order valence-corrected chi connectivity index (χ4v) is 6.56. The van der Waals surface area contributed by atoms with Crippen LogP contribution in [0.4, 0.5) is 0 Å². The molecule has 0 atom stereocenters. The fourth-order valence-electron chi connectivity index (χ4n) is 6.56. The summed E-state index contributed by atoms with van der Waals surface area (Å²) in [6, 6.07) is 4.84. The van der Waals surface area contributed by atoms with Crippen LogP contribution in [0.15, 0.2) is 25.3 Å². The van der Waals surface area contributed by atoms with E-state index in [1.807, 2.05) is 0 Å². The molecule has 1 rings (SSSR count). The molecule has 1 aromatic rings. The molecule has 0 fully saturated rings. The van der Waals surface area contributed by atoms with E-state index in [2.05, 4.69) is 51.3 Å². The number of unbranched alkanes of at least 4 members (excludes halogenated alkanes) is 26. The zero-order chi connectivity index (χ0) is 30.4. The molecule has 0 bridgehead atoms. The average molecular weight is 579 g/mol. The smallest absolute Gasteiger partial charge is 0.0227 e. The van der Waals surface area contributed by atoms with Crippen LogP contribution in [-0.4, -0.2) is 0 Å². The van der Waals surface area contributed by atoms with Crippen molar-refractivity contribution < 1.29 is 0 Å². The molecule has 0 saturated heterocycles. The SMILES string of the molecule is C=Cc1cc(CCCCCCCCCCCCCCCC)c(C=C)cc1CCCCCCCCCCCCCCCC. The van der Waals surface area contributed by atoms with Gasteiger partial charge in [-0.1, -0.05) is 218 Å². The molecule has 0 aromatic heterocycles. The maximum atomic E-state index is 4.15. The Morgan fingerprint density at radius 1 is 0.357 bits per heavy atom. The van der Waals surface area contributed by atoms with E-state index >= 15 is 0 Å². The molecule has 242 valence electrons. The van der Waals surface area contributed by atoms with Gasteiger partial charge in [-0.2, -0.15) is 0 Å². The lowest BCUT2D eigenvalue weighted by Crippen LogP contribution is -1.98. The lowest BCUT2D eigenvalue weighted by atomic mass is 9.92. The lowest BCUT2D eigenvalue weighted by molar-refractivity contribution is 0.535. The molecule has 0 aliphatic heterocycles. The molecule has 0 nitrogen and oxygen atoms in total. The highest BCUT2D eigenvalue weighted by molar-refractivity contribution is 5.61. The molecule has 0 unspecified atom stereocenters. The monoisotopic (exact) mass is 579 g/mol. The summed E-state index contributed by atoms with van der Waals surface area (Å²) in [5.41, 5.74) is 5.67. The standard InChI is InChI=1S/C42H74/c1-5-9-11-13-15-17-19-21-23-25-27-29-31-33-35-41-37-40(8-4)42(38-39(41)7-3)36-34-32-30-28-26-24-22-20-18-16-14-12-10-6-2/h7-8,37-38H,3-6,9-36H2,1-2H3. The van der Waals surface area contributed by atoms with Crippen LogP contribution in [0.1, 0.15) is 216 Å². The van der Waals surface area contributed by atoms with Gasteiger partial charge in [-0.25, -0.2) is 0 Å². The third-order valence-electron chi connectivity index (χ3n) is 9.44. The van der Waals surface area contributed by atoms with E-state index in [0.29, 0.717) is 0 Å². The van der Waals surface area contributed by atoms with Crippen molar-refractivity contribution in [2.24, 2.45) is 0 Å². The summed E-state index contributed by atoms with van der Waals surface area (Å²) in [5.74, 6) is 0. The van der Waals surface area contributed by atoms with Crippen molar-refractivity contribution in [2.45, 2.75) is 206 Å². The van der Waals surface area contributed by atoms with Crippen LogP contribution in [0.3, 0.4) is 0 Å². The van der Waals surface area contributed by atoms with Gasteiger partial charge in [0, 0.05) is 0 Å². The molecular formula is C42H74. The molecular weight excluding hydrogens is 504 g/mol. The highest BCUT2D eigenvalue weighted by Crippen LogP contribution is 2.24. The zero-order valence-corrected chi connectivity index (χ0v) is 28.9. The Bertz CT molecular complexity index is 677. The first-order valence-corrected chi connectivity index (χ1v) is 19.2. The Balaban J connectivity index is 2.13. The second-order valence-electron chi connectivity index (χ2n) is 13.4. The average Bonchev–Trinajstić information content (AvgIpc) is 3.01. The van der Waals surface area contributed by atoms with E-state index in [9.17, 15) is 0 Å². The van der Waals surface area contributed by atoms with Crippen molar-refractivity contribution in [1.82, 2.24) is 0 Å². The summed E-state index contributed by atoms with van der Waals surface area (Å²) in [6.45, 7) is 12.9. The summed E-state index contributed by atoms with van der Waals surface area (Å²) in [6.07, 6.45) is 46.2. The number of aryl methyl sites for hydroxylation is 2. The van der Waals surface area contributed by atoms with E-state index in [0.717, 1.165) is 0 Å². The van der Waals surface area contributed by atoms with Crippen molar-refractivity contribution in [1.29, 1.82) is 0 Å². The van der Waals surface area contributed by atoms with Crippen LogP contribution < -0.4 is 0 Å². The van der Waals surface area contributed by atoms with Gasteiger partial charge in [0.2, 0.25) is 0 Å². The van der Waals surface area contributed by atoms with Crippen LogP contribution in [0.2, 0.25) is 0 Å². The molecule has 0 amide bonds. The Kier molecular flexibility index (Phi) is 27.4. The summed E-state index contributed by atoms with van der Waals surface area (Å²) in [7, 11) is 0. The summed E-state index contributed by atoms with van der Waals surface area (Å²) < 4.78 is 0. The van der Waals surface area contributed by atoms with Gasteiger partial charge in [0.1, 0.15) is 0 Å². The first kappa shape index (κ1) is 38.7. The Morgan fingerprint density at radius 2 is 0.571 bits per heavy atom. The Morgan fingerprint density at radius 3 is 0.786 bits per heavy atom. The van der Waals surface area contributed by atoms with Gasteiger partial charge in [0.05, 0.1) is 0 Å². The van der Waals surface area contributed by atoms with Crippen LogP contribution in [0.25, 0.3) is 12.2 Å². The molecule has 0 aliphatic carbocycles. The molecule has 0 heteroatoms. The Labute approximate surface area is 265 Å². The van der Waals surface area contributed by atoms with E-state index in [1.54, 1.807) is 0 Å². The van der Waals surface area contributed by atoms with Crippen LogP contribution in [0.5, 0.6) is 0 Å². The maximum absolute atomic E-state index is 4.15. The normalized spacial score (nSPS) is 11.3. The summed E-state index contributed by atoms with van der Waals surface area (Å²) >= 11 is 0. The first-order valence-electron chi connectivity index (χ1n) is 19.2. The van der Waals surface area contributed by atoms with Crippen LogP contribution >= 0.6 is 0 Å². The predicted molar refractivity (Wildman–Crippen MR) is 195 cm³/mol. The van der Waals surface area contributed by atoms with Gasteiger partial charge in [-0.15, -0.1) is 0 Å². The Hall–Kier alpha value is -1.30. The molecule has 0 spiro atoms. The van der Waals surface area contributed by atoms with Gasteiger partial charge in [0.15, 0.2) is 0 Å². The maximum Gasteiger partial charge on any atom is -0.0227 e. The third-order valence-corrected chi connectivity index (χ3v) is 9.44. The number of hydrogen-bond donors (Lipinski definition) is 0. The minimum Gasteiger partial charge on any atom is -0.0985 e. The van der Waals surface area contributed by atoms with E-state index < -0.39 is 0 Å². The van der Waals surface area contributed by atoms with E-state index in [4.69, 9.17) is 0 Å². The minimum absolute atomic E-state index is 1.18.